The SMILES string of the molecule is COc1cccc(C(C)CC(=O)Nc2ccc(CCO)cc2)c1. The predicted molar refractivity (Wildman–Crippen MR) is 91.9 cm³/mol. The second kappa shape index (κ2) is 8.34. The molecule has 0 heterocycles. The van der Waals surface area contributed by atoms with E-state index in [1.165, 1.54) is 0 Å². The number of hydrogen-bond donors (Lipinski definition) is 2. The average Bonchev–Trinajstić information content (AvgIpc) is 2.57. The Morgan fingerprint density at radius 1 is 1.22 bits per heavy atom. The third-order valence-corrected chi connectivity index (χ3v) is 3.79. The van der Waals surface area contributed by atoms with Crippen molar-refractivity contribution in [3.8, 4) is 5.75 Å². The Labute approximate surface area is 137 Å². The molecule has 0 aliphatic rings. The minimum absolute atomic E-state index is 0.0183. The summed E-state index contributed by atoms with van der Waals surface area (Å²) in [5, 5.41) is 11.8. The first-order valence-corrected chi connectivity index (χ1v) is 7.76. The maximum absolute atomic E-state index is 12.2. The molecule has 2 aromatic carbocycles. The van der Waals surface area contributed by atoms with Crippen LogP contribution in [0, 0.1) is 0 Å². The normalized spacial score (nSPS) is 11.8. The van der Waals surface area contributed by atoms with Crippen molar-refractivity contribution in [1.82, 2.24) is 0 Å². The van der Waals surface area contributed by atoms with Crippen molar-refractivity contribution >= 4 is 11.6 Å². The lowest BCUT2D eigenvalue weighted by molar-refractivity contribution is -0.116. The van der Waals surface area contributed by atoms with Crippen LogP contribution in [0.2, 0.25) is 0 Å². The van der Waals surface area contributed by atoms with Crippen LogP contribution in [-0.4, -0.2) is 24.7 Å². The molecule has 0 aliphatic heterocycles. The number of nitrogens with one attached hydrogen (secondary N) is 1. The van der Waals surface area contributed by atoms with E-state index in [4.69, 9.17) is 9.84 Å². The molecule has 23 heavy (non-hydrogen) atoms. The van der Waals surface area contributed by atoms with Gasteiger partial charge >= 0.3 is 0 Å². The van der Waals surface area contributed by atoms with Crippen molar-refractivity contribution in [3.05, 3.63) is 59.7 Å². The number of benzene rings is 2. The molecule has 0 spiro atoms. The van der Waals surface area contributed by atoms with Crippen molar-refractivity contribution in [2.45, 2.75) is 25.7 Å². The highest BCUT2D eigenvalue weighted by Gasteiger charge is 2.12. The average molecular weight is 313 g/mol. The van der Waals surface area contributed by atoms with Crippen LogP contribution in [0.25, 0.3) is 0 Å². The number of rotatable bonds is 7. The van der Waals surface area contributed by atoms with Crippen molar-refractivity contribution < 1.29 is 14.6 Å². The minimum atomic E-state index is -0.0183. The Morgan fingerprint density at radius 3 is 2.61 bits per heavy atom. The van der Waals surface area contributed by atoms with Gasteiger partial charge in [0.15, 0.2) is 0 Å². The maximum Gasteiger partial charge on any atom is 0.224 e. The number of aliphatic hydroxyl groups is 1. The first-order chi connectivity index (χ1) is 11.1. The summed E-state index contributed by atoms with van der Waals surface area (Å²) >= 11 is 0. The van der Waals surface area contributed by atoms with E-state index in [1.807, 2.05) is 55.5 Å². The van der Waals surface area contributed by atoms with Crippen molar-refractivity contribution in [2.75, 3.05) is 19.0 Å². The molecule has 0 saturated carbocycles. The highest BCUT2D eigenvalue weighted by molar-refractivity contribution is 5.91. The van der Waals surface area contributed by atoms with Crippen molar-refractivity contribution in [2.24, 2.45) is 0 Å². The van der Waals surface area contributed by atoms with Gasteiger partial charge in [0.2, 0.25) is 5.91 Å². The number of carbonyl (C=O) groups excluding carboxylic acids is 1. The fourth-order valence-electron chi connectivity index (χ4n) is 2.44. The van der Waals surface area contributed by atoms with Crippen LogP contribution in [0.15, 0.2) is 48.5 Å². The molecule has 2 N–H and O–H groups in total. The van der Waals surface area contributed by atoms with Crippen molar-refractivity contribution in [1.29, 1.82) is 0 Å². The van der Waals surface area contributed by atoms with Gasteiger partial charge < -0.3 is 15.2 Å². The van der Waals surface area contributed by atoms with E-state index in [1.54, 1.807) is 7.11 Å². The summed E-state index contributed by atoms with van der Waals surface area (Å²) in [6.45, 7) is 2.16. The third-order valence-electron chi connectivity index (χ3n) is 3.79. The second-order valence-electron chi connectivity index (χ2n) is 5.60. The Kier molecular flexibility index (Phi) is 6.18. The number of aliphatic hydroxyl groups excluding tert-OH is 1. The number of carbonyl (C=O) groups is 1. The van der Waals surface area contributed by atoms with Crippen LogP contribution < -0.4 is 10.1 Å². The number of hydrogen-bond acceptors (Lipinski definition) is 3. The lowest BCUT2D eigenvalue weighted by atomic mass is 9.97. The molecule has 4 nitrogen and oxygen atoms in total. The Bertz CT molecular complexity index is 637. The van der Waals surface area contributed by atoms with Crippen LogP contribution in [0.3, 0.4) is 0 Å². The summed E-state index contributed by atoms with van der Waals surface area (Å²) in [7, 11) is 1.64. The van der Waals surface area contributed by atoms with E-state index in [0.717, 1.165) is 22.6 Å². The van der Waals surface area contributed by atoms with Crippen molar-refractivity contribution in [3.63, 3.8) is 0 Å². The summed E-state index contributed by atoms with van der Waals surface area (Å²) in [4.78, 5) is 12.2. The zero-order valence-corrected chi connectivity index (χ0v) is 13.6. The van der Waals surface area contributed by atoms with E-state index < -0.39 is 0 Å². The van der Waals surface area contributed by atoms with Gasteiger partial charge in [-0.3, -0.25) is 4.79 Å². The van der Waals surface area contributed by atoms with E-state index in [9.17, 15) is 4.79 Å². The Morgan fingerprint density at radius 2 is 1.96 bits per heavy atom. The molecule has 1 amide bonds. The molecule has 0 aromatic heterocycles. The molecular formula is C19H23NO3. The quantitative estimate of drug-likeness (QED) is 0.824. The third kappa shape index (κ3) is 5.11. The van der Waals surface area contributed by atoms with Gasteiger partial charge in [0, 0.05) is 18.7 Å². The van der Waals surface area contributed by atoms with Gasteiger partial charge in [0.05, 0.1) is 7.11 Å². The minimum Gasteiger partial charge on any atom is -0.497 e. The number of ether oxygens (including phenoxy) is 1. The zero-order chi connectivity index (χ0) is 16.7. The maximum atomic E-state index is 12.2. The summed E-state index contributed by atoms with van der Waals surface area (Å²) < 4.78 is 5.22. The fourth-order valence-corrected chi connectivity index (χ4v) is 2.44. The lowest BCUT2D eigenvalue weighted by Crippen LogP contribution is -2.14. The molecule has 1 atom stereocenters. The summed E-state index contributed by atoms with van der Waals surface area (Å²) in [5.41, 5.74) is 2.91. The van der Waals surface area contributed by atoms with Crippen LogP contribution >= 0.6 is 0 Å². The number of anilines is 1. The molecule has 0 radical (unpaired) electrons. The van der Waals surface area contributed by atoms with E-state index in [-0.39, 0.29) is 18.4 Å². The monoisotopic (exact) mass is 313 g/mol. The van der Waals surface area contributed by atoms with E-state index in [0.29, 0.717) is 12.8 Å². The summed E-state index contributed by atoms with van der Waals surface area (Å²) in [6, 6.07) is 15.3. The van der Waals surface area contributed by atoms with Gasteiger partial charge in [-0.2, -0.15) is 0 Å². The topological polar surface area (TPSA) is 58.6 Å². The molecule has 2 aromatic rings. The standard InChI is InChI=1S/C19H23NO3/c1-14(16-4-3-5-18(13-16)23-2)12-19(22)20-17-8-6-15(7-9-17)10-11-21/h3-9,13-14,21H,10-12H2,1-2H3,(H,20,22). The Balaban J connectivity index is 1.92. The van der Waals surface area contributed by atoms with Gasteiger partial charge in [-0.1, -0.05) is 31.2 Å². The van der Waals surface area contributed by atoms with Crippen LogP contribution in [0.5, 0.6) is 5.75 Å². The van der Waals surface area contributed by atoms with Gasteiger partial charge in [0.1, 0.15) is 5.75 Å². The molecule has 0 aliphatic carbocycles. The molecule has 0 saturated heterocycles. The lowest BCUT2D eigenvalue weighted by Gasteiger charge is -2.13. The molecule has 2 rings (SSSR count). The predicted octanol–water partition coefficient (Wildman–Crippen LogP) is 3.36. The highest BCUT2D eigenvalue weighted by Crippen LogP contribution is 2.23. The fraction of sp³-hybridized carbons (Fsp3) is 0.316. The van der Waals surface area contributed by atoms with Crippen LogP contribution in [0.4, 0.5) is 5.69 Å². The van der Waals surface area contributed by atoms with Crippen LogP contribution in [0.1, 0.15) is 30.4 Å². The number of amides is 1. The first kappa shape index (κ1) is 17.0. The molecule has 0 bridgehead atoms. The molecular weight excluding hydrogens is 290 g/mol. The molecule has 1 unspecified atom stereocenters. The first-order valence-electron chi connectivity index (χ1n) is 7.76. The Hall–Kier alpha value is -2.33. The van der Waals surface area contributed by atoms with Gasteiger partial charge in [-0.15, -0.1) is 0 Å². The zero-order valence-electron chi connectivity index (χ0n) is 13.6. The van der Waals surface area contributed by atoms with Gasteiger partial charge in [-0.25, -0.2) is 0 Å². The molecule has 4 heteroatoms. The molecule has 0 fully saturated rings. The van der Waals surface area contributed by atoms with E-state index in [2.05, 4.69) is 5.32 Å². The second-order valence-corrected chi connectivity index (χ2v) is 5.60. The van der Waals surface area contributed by atoms with Crippen LogP contribution in [-0.2, 0) is 11.2 Å². The highest BCUT2D eigenvalue weighted by atomic mass is 16.5. The van der Waals surface area contributed by atoms with E-state index >= 15 is 0 Å². The molecule has 122 valence electrons. The van der Waals surface area contributed by atoms with Gasteiger partial charge in [0.25, 0.3) is 0 Å². The number of methoxy groups -OCH3 is 1. The smallest absolute Gasteiger partial charge is 0.224 e. The summed E-state index contributed by atoms with van der Waals surface area (Å²) in [5.74, 6) is 0.892. The van der Waals surface area contributed by atoms with Gasteiger partial charge in [-0.05, 0) is 47.7 Å². The summed E-state index contributed by atoms with van der Waals surface area (Å²) in [6.07, 6.45) is 1.03. The largest absolute Gasteiger partial charge is 0.497 e.